The van der Waals surface area contributed by atoms with Crippen LogP contribution < -0.4 is 44.7 Å². The third kappa shape index (κ3) is 6.72. The van der Waals surface area contributed by atoms with Gasteiger partial charge in [0.1, 0.15) is 16.3 Å². The number of hydrogen-bond donors (Lipinski definition) is 2. The maximum absolute atomic E-state index is 13.4. The third-order valence-electron chi connectivity index (χ3n) is 5.54. The van der Waals surface area contributed by atoms with E-state index in [0.717, 1.165) is 0 Å². The fraction of sp³-hybridized carbons (Fsp3) is 0.115. The Kier molecular flexibility index (Phi) is 10.0. The van der Waals surface area contributed by atoms with Gasteiger partial charge in [-0.05, 0) is 55.1 Å². The van der Waals surface area contributed by atoms with E-state index in [1.807, 2.05) is 0 Å². The Hall–Kier alpha value is -2.70. The molecule has 4 aromatic carbocycles. The predicted molar refractivity (Wildman–Crippen MR) is 144 cm³/mol. The average molecular weight is 596 g/mol. The molecule has 0 aromatic heterocycles. The van der Waals surface area contributed by atoms with Crippen LogP contribution in [0.5, 0.6) is 11.5 Å². The van der Waals surface area contributed by atoms with Crippen LogP contribution in [0.3, 0.4) is 0 Å². The molecule has 0 atom stereocenters. The van der Waals surface area contributed by atoms with Crippen LogP contribution in [-0.4, -0.2) is 25.5 Å². The number of anilines is 1. The van der Waals surface area contributed by atoms with E-state index in [9.17, 15) is 22.9 Å². The van der Waals surface area contributed by atoms with E-state index < -0.39 is 26.7 Å². The van der Waals surface area contributed by atoms with E-state index in [4.69, 9.17) is 27.9 Å². The molecule has 4 rings (SSSR count). The molecule has 0 saturated carbocycles. The minimum Gasteiger partial charge on any atom is -0.870 e. The van der Waals surface area contributed by atoms with Crippen LogP contribution in [-0.2, 0) is 10.1 Å². The topological polar surface area (TPSA) is 140 Å². The number of ether oxygens (including phenoxy) is 1. The van der Waals surface area contributed by atoms with Crippen LogP contribution in [0, 0.1) is 6.92 Å². The Labute approximate surface area is 256 Å². The van der Waals surface area contributed by atoms with E-state index in [-0.39, 0.29) is 57.1 Å². The molecule has 196 valence electrons. The fourth-order valence-electron chi connectivity index (χ4n) is 3.78. The molecule has 9 nitrogen and oxygen atoms in total. The van der Waals surface area contributed by atoms with Gasteiger partial charge < -0.3 is 15.2 Å². The molecule has 4 aromatic rings. The number of fused-ring (bicyclic) bond motifs is 1. The van der Waals surface area contributed by atoms with Gasteiger partial charge in [0.25, 0.3) is 16.0 Å². The van der Waals surface area contributed by atoms with Gasteiger partial charge in [0.05, 0.1) is 17.3 Å². The number of azo groups is 1. The minimum atomic E-state index is -4.71. The monoisotopic (exact) mass is 595 g/mol. The summed E-state index contributed by atoms with van der Waals surface area (Å²) in [5.41, 5.74) is -0.202. The molecule has 0 unspecified atom stereocenters. The standard InChI is InChI=1S/C26H21Cl2N3O6S.Na/c1-3-37-22-13-16(8-9-20(22)28)29-26(33)18-12-15-6-4-5-7-17(15)23(24(18)32)31-30-21-11-10-19(27)14(2)25(21)38(34,35)36;/h4-13,32H,3H2,1-2H3,(H,29,33)(H,34,35,36);/q;+1/p-1. The van der Waals surface area contributed by atoms with Crippen LogP contribution in [0.1, 0.15) is 22.8 Å². The van der Waals surface area contributed by atoms with Crippen molar-refractivity contribution in [2.24, 2.45) is 10.2 Å². The van der Waals surface area contributed by atoms with Crippen LogP contribution in [0.2, 0.25) is 10.0 Å². The summed E-state index contributed by atoms with van der Waals surface area (Å²) < 4.78 is 39.1. The first-order valence-corrected chi connectivity index (χ1v) is 13.4. The molecule has 13 heteroatoms. The number of halogens is 2. The molecule has 0 spiro atoms. The summed E-state index contributed by atoms with van der Waals surface area (Å²) in [4.78, 5) is 12.6. The first-order valence-electron chi connectivity index (χ1n) is 11.2. The van der Waals surface area contributed by atoms with E-state index in [1.54, 1.807) is 43.3 Å². The maximum atomic E-state index is 13.4. The molecule has 2 N–H and O–H groups in total. The second-order valence-electron chi connectivity index (χ2n) is 8.05. The Bertz CT molecular complexity index is 1710. The van der Waals surface area contributed by atoms with Gasteiger partial charge in [-0.1, -0.05) is 53.2 Å². The molecule has 0 bridgehead atoms. The van der Waals surface area contributed by atoms with Gasteiger partial charge in [-0.3, -0.25) is 9.35 Å². The van der Waals surface area contributed by atoms with Crippen LogP contribution >= 0.6 is 23.2 Å². The van der Waals surface area contributed by atoms with Gasteiger partial charge in [-0.15, -0.1) is 5.11 Å². The molecule has 1 amide bonds. The molecule has 0 radical (unpaired) electrons. The second kappa shape index (κ2) is 12.6. The summed E-state index contributed by atoms with van der Waals surface area (Å²) in [7, 11) is -4.71. The maximum Gasteiger partial charge on any atom is 1.00 e. The number of benzene rings is 4. The van der Waals surface area contributed by atoms with Gasteiger partial charge in [0, 0.05) is 27.7 Å². The summed E-state index contributed by atoms with van der Waals surface area (Å²) in [5, 5.41) is 25.4. The van der Waals surface area contributed by atoms with E-state index in [1.165, 1.54) is 31.2 Å². The molecule has 0 saturated heterocycles. The summed E-state index contributed by atoms with van der Waals surface area (Å²) in [6.45, 7) is 3.56. The van der Waals surface area contributed by atoms with Crippen LogP contribution in [0.25, 0.3) is 10.8 Å². The predicted octanol–water partition coefficient (Wildman–Crippen LogP) is 3.85. The zero-order valence-corrected chi connectivity index (χ0v) is 25.4. The Morgan fingerprint density at radius 3 is 2.44 bits per heavy atom. The SMILES string of the molecule is CCOc1cc(NC(=O)c2cc3ccccc3c(N=Nc3ccc(Cl)c(C)c3S(=O)(=O)O)c2[O-])ccc1Cl.[Na+]. The quantitative estimate of drug-likeness (QED) is 0.189. The molecular weight excluding hydrogens is 576 g/mol. The van der Waals surface area contributed by atoms with Crippen LogP contribution in [0.15, 0.2) is 75.8 Å². The van der Waals surface area contributed by atoms with Gasteiger partial charge >= 0.3 is 29.6 Å². The normalized spacial score (nSPS) is 11.4. The number of carbonyl (C=O) groups is 1. The van der Waals surface area contributed by atoms with Crippen molar-refractivity contribution in [1.82, 2.24) is 0 Å². The first-order chi connectivity index (χ1) is 18.0. The summed E-state index contributed by atoms with van der Waals surface area (Å²) in [5.74, 6) is -1.07. The summed E-state index contributed by atoms with van der Waals surface area (Å²) >= 11 is 12.1. The number of nitrogens with zero attached hydrogens (tertiary/aromatic N) is 2. The van der Waals surface area contributed by atoms with Gasteiger partial charge in [-0.2, -0.15) is 13.5 Å². The Morgan fingerprint density at radius 2 is 1.74 bits per heavy atom. The molecule has 0 aliphatic rings. The number of carbonyl (C=O) groups excluding carboxylic acids is 1. The first kappa shape index (κ1) is 30.8. The van der Waals surface area contributed by atoms with Crippen molar-refractivity contribution in [2.45, 2.75) is 18.7 Å². The zero-order chi connectivity index (χ0) is 27.6. The molecule has 39 heavy (non-hydrogen) atoms. The van der Waals surface area contributed by atoms with Crippen molar-refractivity contribution in [3.8, 4) is 11.5 Å². The van der Waals surface area contributed by atoms with Crippen molar-refractivity contribution >= 4 is 67.1 Å². The number of hydrogen-bond acceptors (Lipinski definition) is 7. The molecule has 0 fully saturated rings. The van der Waals surface area contributed by atoms with E-state index in [0.29, 0.717) is 33.8 Å². The molecule has 0 aliphatic heterocycles. The Balaban J connectivity index is 0.00000420. The van der Waals surface area contributed by atoms with E-state index >= 15 is 0 Å². The number of amides is 1. The van der Waals surface area contributed by atoms with Crippen molar-refractivity contribution in [3.63, 3.8) is 0 Å². The number of nitrogens with one attached hydrogen (secondary N) is 1. The van der Waals surface area contributed by atoms with Crippen molar-refractivity contribution in [3.05, 3.63) is 81.8 Å². The molecule has 0 heterocycles. The largest absolute Gasteiger partial charge is 1.00 e. The Morgan fingerprint density at radius 1 is 1.05 bits per heavy atom. The minimum absolute atomic E-state index is 0. The zero-order valence-electron chi connectivity index (χ0n) is 21.0. The van der Waals surface area contributed by atoms with Gasteiger partial charge in [0.15, 0.2) is 0 Å². The van der Waals surface area contributed by atoms with Crippen molar-refractivity contribution in [2.75, 3.05) is 11.9 Å². The summed E-state index contributed by atoms with van der Waals surface area (Å²) in [6, 6.07) is 15.5. The second-order valence-corrected chi connectivity index (χ2v) is 10.2. The molecular formula is C26H20Cl2N3NaO6S. The smallest absolute Gasteiger partial charge is 0.870 e. The third-order valence-corrected chi connectivity index (χ3v) is 7.30. The van der Waals surface area contributed by atoms with Gasteiger partial charge in [0.2, 0.25) is 0 Å². The molecule has 0 aliphatic carbocycles. The fourth-order valence-corrected chi connectivity index (χ4v) is 5.04. The summed E-state index contributed by atoms with van der Waals surface area (Å²) in [6.07, 6.45) is 0. The van der Waals surface area contributed by atoms with E-state index in [2.05, 4.69) is 15.5 Å². The van der Waals surface area contributed by atoms with Crippen LogP contribution in [0.4, 0.5) is 17.1 Å². The average Bonchev–Trinajstić information content (AvgIpc) is 2.86. The van der Waals surface area contributed by atoms with Gasteiger partial charge in [-0.25, -0.2) is 0 Å². The number of rotatable bonds is 7. The van der Waals surface area contributed by atoms with Crippen molar-refractivity contribution in [1.29, 1.82) is 0 Å². The van der Waals surface area contributed by atoms with Crippen molar-refractivity contribution < 1.29 is 57.2 Å².